The van der Waals surface area contributed by atoms with E-state index in [9.17, 15) is 0 Å². The van der Waals surface area contributed by atoms with Crippen LogP contribution in [0.3, 0.4) is 0 Å². The number of unbranched alkanes of at least 4 members (excludes halogenated alkanes) is 5. The average Bonchev–Trinajstić information content (AvgIpc) is 2.32. The van der Waals surface area contributed by atoms with Crippen LogP contribution in [0, 0.1) is 0 Å². The molecule has 1 unspecified atom stereocenters. The van der Waals surface area contributed by atoms with Crippen LogP contribution in [-0.2, 0) is 8.85 Å². The topological polar surface area (TPSA) is 18.5 Å². The molecule has 0 aromatic rings. The van der Waals surface area contributed by atoms with Crippen molar-refractivity contribution in [1.29, 1.82) is 0 Å². The first kappa shape index (κ1) is 17.4. The Morgan fingerprint density at radius 3 is 2.06 bits per heavy atom. The highest BCUT2D eigenvalue weighted by Gasteiger charge is 2.34. The van der Waals surface area contributed by atoms with E-state index < -0.39 is 7.87 Å². The standard InChI is InChI=1S/C13H29ClO2Si/c1-4-7-8-9-10-11-13-17(14,15-6-3)16-12-5-2/h4-13H2,1-3H3. The third-order valence-electron chi connectivity index (χ3n) is 2.71. The summed E-state index contributed by atoms with van der Waals surface area (Å²) in [5.74, 6) is 0. The van der Waals surface area contributed by atoms with Gasteiger partial charge in [0.2, 0.25) is 0 Å². The lowest BCUT2D eigenvalue weighted by Gasteiger charge is -2.23. The van der Waals surface area contributed by atoms with Gasteiger partial charge in [-0.25, -0.2) is 0 Å². The van der Waals surface area contributed by atoms with Gasteiger partial charge in [0.1, 0.15) is 0 Å². The van der Waals surface area contributed by atoms with E-state index in [0.29, 0.717) is 6.61 Å². The molecule has 0 fully saturated rings. The number of hydrogen-bond donors (Lipinski definition) is 0. The van der Waals surface area contributed by atoms with Crippen LogP contribution >= 0.6 is 11.1 Å². The van der Waals surface area contributed by atoms with Gasteiger partial charge in [-0.3, -0.25) is 0 Å². The molecule has 104 valence electrons. The molecule has 0 heterocycles. The normalized spacial score (nSPS) is 14.8. The molecule has 0 rings (SSSR count). The zero-order chi connectivity index (χ0) is 13.0. The van der Waals surface area contributed by atoms with Crippen LogP contribution in [0.5, 0.6) is 0 Å². The largest absolute Gasteiger partial charge is 0.443 e. The van der Waals surface area contributed by atoms with Crippen LogP contribution in [0.2, 0.25) is 6.04 Å². The molecule has 0 aromatic carbocycles. The van der Waals surface area contributed by atoms with Crippen LogP contribution < -0.4 is 0 Å². The van der Waals surface area contributed by atoms with Gasteiger partial charge in [-0.05, 0) is 13.3 Å². The van der Waals surface area contributed by atoms with Crippen molar-refractivity contribution < 1.29 is 8.85 Å². The fourth-order valence-corrected chi connectivity index (χ4v) is 4.72. The molecule has 1 atom stereocenters. The minimum absolute atomic E-state index is 0.662. The molecule has 0 radical (unpaired) electrons. The maximum atomic E-state index is 6.45. The summed E-state index contributed by atoms with van der Waals surface area (Å²) in [7, 11) is -2.37. The Labute approximate surface area is 113 Å². The molecule has 0 saturated heterocycles. The molecule has 0 aliphatic rings. The highest BCUT2D eigenvalue weighted by atomic mass is 35.6. The molecule has 4 heteroatoms. The van der Waals surface area contributed by atoms with Gasteiger partial charge in [-0.1, -0.05) is 63.5 Å². The molecular weight excluding hydrogens is 252 g/mol. The molecule has 17 heavy (non-hydrogen) atoms. The van der Waals surface area contributed by atoms with Crippen molar-refractivity contribution in [2.24, 2.45) is 0 Å². The Morgan fingerprint density at radius 1 is 0.824 bits per heavy atom. The molecule has 0 aliphatic carbocycles. The fourth-order valence-electron chi connectivity index (χ4n) is 1.77. The van der Waals surface area contributed by atoms with Gasteiger partial charge in [0.05, 0.1) is 0 Å². The molecular formula is C13H29ClO2Si. The summed E-state index contributed by atoms with van der Waals surface area (Å²) >= 11 is 6.45. The quantitative estimate of drug-likeness (QED) is 0.285. The Morgan fingerprint density at radius 2 is 1.47 bits per heavy atom. The van der Waals surface area contributed by atoms with E-state index in [2.05, 4.69) is 13.8 Å². The molecule has 0 N–H and O–H groups in total. The van der Waals surface area contributed by atoms with Gasteiger partial charge < -0.3 is 8.85 Å². The van der Waals surface area contributed by atoms with Crippen LogP contribution in [0.15, 0.2) is 0 Å². The van der Waals surface area contributed by atoms with Crippen molar-refractivity contribution in [3.8, 4) is 0 Å². The predicted molar refractivity (Wildman–Crippen MR) is 77.7 cm³/mol. The highest BCUT2D eigenvalue weighted by Crippen LogP contribution is 2.23. The molecule has 0 aliphatic heterocycles. The maximum Gasteiger partial charge on any atom is 0.443 e. The molecule has 0 amide bonds. The van der Waals surface area contributed by atoms with Crippen molar-refractivity contribution >= 4 is 18.9 Å². The minimum atomic E-state index is -2.37. The van der Waals surface area contributed by atoms with E-state index in [-0.39, 0.29) is 0 Å². The molecule has 0 spiro atoms. The Hall–Kier alpha value is 0.427. The van der Waals surface area contributed by atoms with Crippen molar-refractivity contribution in [3.05, 3.63) is 0 Å². The molecule has 2 nitrogen and oxygen atoms in total. The molecule has 0 bridgehead atoms. The van der Waals surface area contributed by atoms with Crippen LogP contribution in [0.4, 0.5) is 0 Å². The third kappa shape index (κ3) is 10.1. The van der Waals surface area contributed by atoms with Gasteiger partial charge >= 0.3 is 7.87 Å². The van der Waals surface area contributed by atoms with Crippen LogP contribution in [-0.4, -0.2) is 21.1 Å². The predicted octanol–water partition coefficient (Wildman–Crippen LogP) is 4.99. The lowest BCUT2D eigenvalue weighted by atomic mass is 10.1. The first-order chi connectivity index (χ1) is 8.18. The summed E-state index contributed by atoms with van der Waals surface area (Å²) in [6.07, 6.45) is 8.71. The maximum absolute atomic E-state index is 6.45. The summed E-state index contributed by atoms with van der Waals surface area (Å²) < 4.78 is 11.4. The average molecular weight is 281 g/mol. The second-order valence-corrected chi connectivity index (χ2v) is 8.58. The Balaban J connectivity index is 3.68. The van der Waals surface area contributed by atoms with Crippen molar-refractivity contribution in [2.45, 2.75) is 71.8 Å². The van der Waals surface area contributed by atoms with Gasteiger partial charge in [0.25, 0.3) is 0 Å². The first-order valence-electron chi connectivity index (χ1n) is 7.15. The van der Waals surface area contributed by atoms with Gasteiger partial charge in [0, 0.05) is 19.3 Å². The van der Waals surface area contributed by atoms with E-state index >= 15 is 0 Å². The monoisotopic (exact) mass is 280 g/mol. The van der Waals surface area contributed by atoms with Crippen molar-refractivity contribution in [1.82, 2.24) is 0 Å². The van der Waals surface area contributed by atoms with Gasteiger partial charge in [-0.15, -0.1) is 0 Å². The van der Waals surface area contributed by atoms with Crippen LogP contribution in [0.25, 0.3) is 0 Å². The van der Waals surface area contributed by atoms with E-state index in [1.54, 1.807) is 0 Å². The number of rotatable bonds is 12. The zero-order valence-electron chi connectivity index (χ0n) is 11.8. The fraction of sp³-hybridized carbons (Fsp3) is 1.00. The van der Waals surface area contributed by atoms with Crippen molar-refractivity contribution in [2.75, 3.05) is 13.2 Å². The lowest BCUT2D eigenvalue weighted by Crippen LogP contribution is -2.36. The second kappa shape index (κ2) is 11.5. The first-order valence-corrected chi connectivity index (χ1v) is 10.2. The zero-order valence-corrected chi connectivity index (χ0v) is 13.5. The third-order valence-corrected chi connectivity index (χ3v) is 6.24. The summed E-state index contributed by atoms with van der Waals surface area (Å²) in [6, 6.07) is 0.925. The summed E-state index contributed by atoms with van der Waals surface area (Å²) in [6.45, 7) is 7.72. The van der Waals surface area contributed by atoms with E-state index in [0.717, 1.165) is 25.5 Å². The second-order valence-electron chi connectivity index (χ2n) is 4.46. The Bertz CT molecular complexity index is 169. The minimum Gasteiger partial charge on any atom is -0.383 e. The van der Waals surface area contributed by atoms with E-state index in [1.165, 1.54) is 32.1 Å². The Kier molecular flexibility index (Phi) is 11.8. The van der Waals surface area contributed by atoms with E-state index in [1.807, 2.05) is 6.92 Å². The van der Waals surface area contributed by atoms with Crippen molar-refractivity contribution in [3.63, 3.8) is 0 Å². The van der Waals surface area contributed by atoms with Gasteiger partial charge in [-0.2, -0.15) is 0 Å². The van der Waals surface area contributed by atoms with E-state index in [4.69, 9.17) is 19.9 Å². The van der Waals surface area contributed by atoms with Gasteiger partial charge in [0.15, 0.2) is 0 Å². The lowest BCUT2D eigenvalue weighted by molar-refractivity contribution is 0.193. The highest BCUT2D eigenvalue weighted by molar-refractivity contribution is 7.12. The molecule has 0 saturated carbocycles. The summed E-state index contributed by atoms with van der Waals surface area (Å²) in [5.41, 5.74) is 0. The smallest absolute Gasteiger partial charge is 0.383 e. The number of halogens is 1. The summed E-state index contributed by atoms with van der Waals surface area (Å²) in [4.78, 5) is 0. The summed E-state index contributed by atoms with van der Waals surface area (Å²) in [5, 5.41) is 0. The van der Waals surface area contributed by atoms with Crippen LogP contribution in [0.1, 0.15) is 65.7 Å². The molecule has 0 aromatic heterocycles. The SMILES string of the molecule is CCCCCCCC[Si](Cl)(OCC)OCCC. The number of hydrogen-bond acceptors (Lipinski definition) is 2.